The molecule has 0 bridgehead atoms. The minimum absolute atomic E-state index is 0.273. The van der Waals surface area contributed by atoms with Crippen molar-refractivity contribution in [3.63, 3.8) is 0 Å². The van der Waals surface area contributed by atoms with E-state index in [4.69, 9.17) is 0 Å². The minimum atomic E-state index is -4.43. The van der Waals surface area contributed by atoms with Crippen LogP contribution in [0.4, 0.5) is 18.9 Å². The second-order valence-electron chi connectivity index (χ2n) is 7.16. The summed E-state index contributed by atoms with van der Waals surface area (Å²) >= 11 is 0. The number of hydrogen-bond donors (Lipinski definition) is 1. The summed E-state index contributed by atoms with van der Waals surface area (Å²) in [6.45, 7) is 4.07. The Labute approximate surface area is 161 Å². The van der Waals surface area contributed by atoms with Gasteiger partial charge in [-0.3, -0.25) is 9.59 Å². The number of carbonyl (C=O) groups excluding carboxylic acids is 2. The molecule has 1 saturated heterocycles. The molecule has 28 heavy (non-hydrogen) atoms. The van der Waals surface area contributed by atoms with Gasteiger partial charge in [0.15, 0.2) is 0 Å². The monoisotopic (exact) mass is 390 g/mol. The Morgan fingerprint density at radius 2 is 1.75 bits per heavy atom. The molecule has 1 aliphatic rings. The van der Waals surface area contributed by atoms with E-state index in [0.717, 1.165) is 23.3 Å². The summed E-state index contributed by atoms with van der Waals surface area (Å²) in [5.74, 6) is -2.29. The lowest BCUT2D eigenvalue weighted by Crippen LogP contribution is -2.33. The summed E-state index contributed by atoms with van der Waals surface area (Å²) in [7, 11) is 1.59. The number of rotatable bonds is 3. The maximum absolute atomic E-state index is 12.9. The standard InChI is InChI=1S/C21H21F3N2O2/c1-12-5-4-6-17(13(12)2)25-19(27)18-16(11-26(3)20(18)28)14-7-9-15(10-8-14)21(22,23)24/h4-10,16,18H,11H2,1-3H3,(H,25,27)/t16-,18+/m1/s1. The maximum Gasteiger partial charge on any atom is 0.416 e. The van der Waals surface area contributed by atoms with Gasteiger partial charge in [-0.05, 0) is 48.7 Å². The molecule has 1 N–H and O–H groups in total. The zero-order chi connectivity index (χ0) is 20.6. The molecule has 4 nitrogen and oxygen atoms in total. The molecule has 0 aromatic heterocycles. The van der Waals surface area contributed by atoms with Gasteiger partial charge in [0.25, 0.3) is 0 Å². The van der Waals surface area contributed by atoms with Crippen LogP contribution in [0.1, 0.15) is 28.2 Å². The number of anilines is 1. The van der Waals surface area contributed by atoms with E-state index >= 15 is 0 Å². The molecular weight excluding hydrogens is 369 g/mol. The Morgan fingerprint density at radius 1 is 1.11 bits per heavy atom. The molecule has 0 radical (unpaired) electrons. The van der Waals surface area contributed by atoms with Crippen molar-refractivity contribution >= 4 is 17.5 Å². The fourth-order valence-corrected chi connectivity index (χ4v) is 3.51. The highest BCUT2D eigenvalue weighted by Crippen LogP contribution is 2.36. The number of benzene rings is 2. The topological polar surface area (TPSA) is 49.4 Å². The Balaban J connectivity index is 1.88. The Hall–Kier alpha value is -2.83. The lowest BCUT2D eigenvalue weighted by molar-refractivity contribution is -0.138. The van der Waals surface area contributed by atoms with Gasteiger partial charge in [-0.1, -0.05) is 24.3 Å². The predicted molar refractivity (Wildman–Crippen MR) is 99.9 cm³/mol. The average Bonchev–Trinajstić information content (AvgIpc) is 2.93. The van der Waals surface area contributed by atoms with E-state index in [1.807, 2.05) is 26.0 Å². The van der Waals surface area contributed by atoms with Gasteiger partial charge in [0.1, 0.15) is 5.92 Å². The van der Waals surface area contributed by atoms with Crippen LogP contribution in [0.5, 0.6) is 0 Å². The highest BCUT2D eigenvalue weighted by atomic mass is 19.4. The molecule has 0 spiro atoms. The molecule has 1 heterocycles. The molecule has 0 saturated carbocycles. The van der Waals surface area contributed by atoms with Gasteiger partial charge in [-0.15, -0.1) is 0 Å². The van der Waals surface area contributed by atoms with Crippen LogP contribution in [-0.4, -0.2) is 30.3 Å². The molecule has 2 aromatic rings. The molecule has 3 rings (SSSR count). The molecule has 7 heteroatoms. The van der Waals surface area contributed by atoms with E-state index < -0.39 is 29.5 Å². The van der Waals surface area contributed by atoms with Gasteiger partial charge in [0, 0.05) is 25.2 Å². The van der Waals surface area contributed by atoms with E-state index in [2.05, 4.69) is 5.32 Å². The fourth-order valence-electron chi connectivity index (χ4n) is 3.51. The van der Waals surface area contributed by atoms with Crippen LogP contribution in [0.3, 0.4) is 0 Å². The molecule has 0 unspecified atom stereocenters. The third kappa shape index (κ3) is 3.74. The van der Waals surface area contributed by atoms with Crippen molar-refractivity contribution in [1.82, 2.24) is 4.90 Å². The van der Waals surface area contributed by atoms with Crippen LogP contribution in [-0.2, 0) is 15.8 Å². The maximum atomic E-state index is 12.9. The number of likely N-dealkylation sites (N-methyl/N-ethyl adjacent to an activating group) is 1. The second-order valence-corrected chi connectivity index (χ2v) is 7.16. The highest BCUT2D eigenvalue weighted by Gasteiger charge is 2.44. The van der Waals surface area contributed by atoms with Crippen molar-refractivity contribution in [3.05, 3.63) is 64.7 Å². The van der Waals surface area contributed by atoms with E-state index in [-0.39, 0.29) is 12.5 Å². The van der Waals surface area contributed by atoms with E-state index in [9.17, 15) is 22.8 Å². The van der Waals surface area contributed by atoms with Crippen molar-refractivity contribution < 1.29 is 22.8 Å². The molecule has 0 aliphatic carbocycles. The van der Waals surface area contributed by atoms with E-state index in [0.29, 0.717) is 11.3 Å². The van der Waals surface area contributed by atoms with Crippen molar-refractivity contribution in [3.8, 4) is 0 Å². The molecule has 2 atom stereocenters. The largest absolute Gasteiger partial charge is 0.416 e. The number of amides is 2. The Kier molecular flexibility index (Phi) is 5.19. The third-order valence-corrected chi connectivity index (χ3v) is 5.33. The van der Waals surface area contributed by atoms with Gasteiger partial charge in [-0.2, -0.15) is 13.2 Å². The highest BCUT2D eigenvalue weighted by molar-refractivity contribution is 6.08. The zero-order valence-corrected chi connectivity index (χ0v) is 15.8. The lowest BCUT2D eigenvalue weighted by atomic mass is 9.87. The summed E-state index contributed by atoms with van der Waals surface area (Å²) in [4.78, 5) is 26.9. The number of nitrogens with zero attached hydrogens (tertiary/aromatic N) is 1. The number of alkyl halides is 3. The first-order chi connectivity index (χ1) is 13.1. The molecule has 2 amide bonds. The normalized spacial score (nSPS) is 19.8. The van der Waals surface area contributed by atoms with Crippen molar-refractivity contribution in [2.24, 2.45) is 5.92 Å². The first-order valence-corrected chi connectivity index (χ1v) is 8.89. The summed E-state index contributed by atoms with van der Waals surface area (Å²) in [5.41, 5.74) is 2.31. The van der Waals surface area contributed by atoms with Crippen LogP contribution >= 0.6 is 0 Å². The Morgan fingerprint density at radius 3 is 2.36 bits per heavy atom. The zero-order valence-electron chi connectivity index (χ0n) is 15.8. The van der Waals surface area contributed by atoms with Gasteiger partial charge in [-0.25, -0.2) is 0 Å². The van der Waals surface area contributed by atoms with E-state index in [1.165, 1.54) is 17.0 Å². The van der Waals surface area contributed by atoms with Crippen LogP contribution in [0.2, 0.25) is 0 Å². The summed E-state index contributed by atoms with van der Waals surface area (Å²) in [6.07, 6.45) is -4.43. The smallest absolute Gasteiger partial charge is 0.344 e. The molecule has 1 aliphatic heterocycles. The van der Waals surface area contributed by atoms with Crippen LogP contribution in [0.25, 0.3) is 0 Å². The summed E-state index contributed by atoms with van der Waals surface area (Å²) < 4.78 is 38.4. The molecule has 148 valence electrons. The van der Waals surface area contributed by atoms with Crippen molar-refractivity contribution in [2.75, 3.05) is 18.9 Å². The van der Waals surface area contributed by atoms with Crippen LogP contribution in [0, 0.1) is 19.8 Å². The number of halogens is 3. The molecule has 2 aromatic carbocycles. The first kappa shape index (κ1) is 19.9. The lowest BCUT2D eigenvalue weighted by Gasteiger charge is -2.19. The minimum Gasteiger partial charge on any atom is -0.344 e. The number of nitrogens with one attached hydrogen (secondary N) is 1. The Bertz CT molecular complexity index is 907. The second kappa shape index (κ2) is 7.30. The summed E-state index contributed by atoms with van der Waals surface area (Å²) in [6, 6.07) is 10.2. The van der Waals surface area contributed by atoms with Gasteiger partial charge >= 0.3 is 6.18 Å². The third-order valence-electron chi connectivity index (χ3n) is 5.33. The fraction of sp³-hybridized carbons (Fsp3) is 0.333. The number of hydrogen-bond acceptors (Lipinski definition) is 2. The van der Waals surface area contributed by atoms with Crippen molar-refractivity contribution in [1.29, 1.82) is 0 Å². The van der Waals surface area contributed by atoms with Crippen LogP contribution in [0.15, 0.2) is 42.5 Å². The SMILES string of the molecule is Cc1cccc(NC(=O)[C@H]2C(=O)N(C)C[C@@H]2c2ccc(C(F)(F)F)cc2)c1C. The van der Waals surface area contributed by atoms with Gasteiger partial charge < -0.3 is 10.2 Å². The number of carbonyl (C=O) groups is 2. The molecular formula is C21H21F3N2O2. The van der Waals surface area contributed by atoms with E-state index in [1.54, 1.807) is 13.1 Å². The summed E-state index contributed by atoms with van der Waals surface area (Å²) in [5, 5.41) is 2.81. The quantitative estimate of drug-likeness (QED) is 0.801. The molecule has 1 fully saturated rings. The van der Waals surface area contributed by atoms with Crippen molar-refractivity contribution in [2.45, 2.75) is 25.9 Å². The average molecular weight is 390 g/mol. The number of likely N-dealkylation sites (tertiary alicyclic amines) is 1. The van der Waals surface area contributed by atoms with Crippen LogP contribution < -0.4 is 5.32 Å². The number of aryl methyl sites for hydroxylation is 1. The van der Waals surface area contributed by atoms with Gasteiger partial charge in [0.05, 0.1) is 5.56 Å². The predicted octanol–water partition coefficient (Wildman–Crippen LogP) is 4.13. The first-order valence-electron chi connectivity index (χ1n) is 8.89. The van der Waals surface area contributed by atoms with Gasteiger partial charge in [0.2, 0.25) is 11.8 Å².